The number of aromatic nitrogens is 2. The molecular formula is C12H22N2O. The summed E-state index contributed by atoms with van der Waals surface area (Å²) in [5.41, 5.74) is 1.24. The highest BCUT2D eigenvalue weighted by atomic mass is 16.3. The van der Waals surface area contributed by atoms with Crippen LogP contribution >= 0.6 is 0 Å². The minimum Gasteiger partial charge on any atom is -0.393 e. The third-order valence-corrected chi connectivity index (χ3v) is 2.64. The van der Waals surface area contributed by atoms with Crippen LogP contribution in [-0.4, -0.2) is 21.0 Å². The molecule has 3 heteroatoms. The Bertz CT molecular complexity index is 281. The predicted octanol–water partition coefficient (Wildman–Crippen LogP) is 2.15. The van der Waals surface area contributed by atoms with E-state index in [9.17, 15) is 5.11 Å². The van der Waals surface area contributed by atoms with Crippen LogP contribution in [0, 0.1) is 5.92 Å². The van der Waals surface area contributed by atoms with Crippen LogP contribution in [0.3, 0.4) is 0 Å². The number of aryl methyl sites for hydroxylation is 2. The van der Waals surface area contributed by atoms with E-state index in [0.717, 1.165) is 25.7 Å². The molecule has 0 radical (unpaired) electrons. The van der Waals surface area contributed by atoms with Gasteiger partial charge in [0.15, 0.2) is 0 Å². The molecule has 1 atom stereocenters. The van der Waals surface area contributed by atoms with Gasteiger partial charge in [0, 0.05) is 18.9 Å². The first-order valence-electron chi connectivity index (χ1n) is 5.74. The van der Waals surface area contributed by atoms with E-state index in [1.807, 2.05) is 24.0 Å². The first-order chi connectivity index (χ1) is 7.09. The van der Waals surface area contributed by atoms with Gasteiger partial charge in [-0.05, 0) is 37.7 Å². The molecule has 0 aliphatic heterocycles. The summed E-state index contributed by atoms with van der Waals surface area (Å²) in [6, 6.07) is 2.04. The monoisotopic (exact) mass is 210 g/mol. The van der Waals surface area contributed by atoms with E-state index in [2.05, 4.69) is 18.9 Å². The molecule has 1 aromatic heterocycles. The second kappa shape index (κ2) is 5.91. The third kappa shape index (κ3) is 4.47. The Hall–Kier alpha value is -0.830. The quantitative estimate of drug-likeness (QED) is 0.781. The molecule has 0 saturated carbocycles. The molecule has 3 nitrogen and oxygen atoms in total. The summed E-state index contributed by atoms with van der Waals surface area (Å²) >= 11 is 0. The number of rotatable bonds is 6. The average Bonchev–Trinajstić information content (AvgIpc) is 2.50. The van der Waals surface area contributed by atoms with E-state index in [-0.39, 0.29) is 6.10 Å². The minimum absolute atomic E-state index is 0.141. The van der Waals surface area contributed by atoms with Gasteiger partial charge in [0.1, 0.15) is 0 Å². The van der Waals surface area contributed by atoms with Crippen LogP contribution in [0.15, 0.2) is 12.3 Å². The molecule has 0 bridgehead atoms. The van der Waals surface area contributed by atoms with Crippen LogP contribution in [0.4, 0.5) is 0 Å². The van der Waals surface area contributed by atoms with Crippen LogP contribution in [0.1, 0.15) is 38.8 Å². The topological polar surface area (TPSA) is 38.1 Å². The zero-order valence-corrected chi connectivity index (χ0v) is 9.98. The lowest BCUT2D eigenvalue weighted by Crippen LogP contribution is -2.10. The van der Waals surface area contributed by atoms with E-state index < -0.39 is 0 Å². The Balaban J connectivity index is 2.19. The first-order valence-corrected chi connectivity index (χ1v) is 5.74. The average molecular weight is 210 g/mol. The lowest BCUT2D eigenvalue weighted by Gasteiger charge is -2.12. The van der Waals surface area contributed by atoms with Crippen molar-refractivity contribution in [3.05, 3.63) is 18.0 Å². The number of hydrogen-bond donors (Lipinski definition) is 1. The van der Waals surface area contributed by atoms with Crippen molar-refractivity contribution in [2.24, 2.45) is 13.0 Å². The molecule has 0 amide bonds. The van der Waals surface area contributed by atoms with Crippen LogP contribution in [0.5, 0.6) is 0 Å². The van der Waals surface area contributed by atoms with Crippen molar-refractivity contribution in [1.29, 1.82) is 0 Å². The zero-order valence-electron chi connectivity index (χ0n) is 9.98. The maximum absolute atomic E-state index is 9.70. The molecule has 1 aromatic rings. The van der Waals surface area contributed by atoms with Gasteiger partial charge >= 0.3 is 0 Å². The summed E-state index contributed by atoms with van der Waals surface area (Å²) in [5, 5.41) is 13.8. The van der Waals surface area contributed by atoms with E-state index >= 15 is 0 Å². The Labute approximate surface area is 92.1 Å². The molecule has 0 aliphatic carbocycles. The van der Waals surface area contributed by atoms with Crippen molar-refractivity contribution >= 4 is 0 Å². The van der Waals surface area contributed by atoms with Crippen LogP contribution in [-0.2, 0) is 13.5 Å². The largest absolute Gasteiger partial charge is 0.393 e. The van der Waals surface area contributed by atoms with Crippen LogP contribution < -0.4 is 0 Å². The van der Waals surface area contributed by atoms with Crippen molar-refractivity contribution in [2.45, 2.75) is 45.6 Å². The second-order valence-corrected chi connectivity index (χ2v) is 4.62. The van der Waals surface area contributed by atoms with Crippen molar-refractivity contribution in [3.8, 4) is 0 Å². The molecule has 0 fully saturated rings. The van der Waals surface area contributed by atoms with Gasteiger partial charge in [-0.2, -0.15) is 5.10 Å². The number of hydrogen-bond acceptors (Lipinski definition) is 2. The maximum Gasteiger partial charge on any atom is 0.0542 e. The molecule has 1 unspecified atom stereocenters. The molecule has 0 aromatic carbocycles. The Kier molecular flexibility index (Phi) is 4.82. The Morgan fingerprint density at radius 2 is 2.20 bits per heavy atom. The van der Waals surface area contributed by atoms with Crippen molar-refractivity contribution in [3.63, 3.8) is 0 Å². The fourth-order valence-corrected chi connectivity index (χ4v) is 1.83. The molecule has 1 heterocycles. The van der Waals surface area contributed by atoms with Gasteiger partial charge in [-0.1, -0.05) is 13.8 Å². The molecule has 86 valence electrons. The standard InChI is InChI=1S/C12H22N2O/c1-10(2)9-12(15)6-4-5-11-7-8-13-14(11)3/h7-8,10,12,15H,4-6,9H2,1-3H3. The molecule has 0 aliphatic rings. The van der Waals surface area contributed by atoms with Gasteiger partial charge in [0.2, 0.25) is 0 Å². The lowest BCUT2D eigenvalue weighted by molar-refractivity contribution is 0.137. The summed E-state index contributed by atoms with van der Waals surface area (Å²) in [6.07, 6.45) is 5.52. The smallest absolute Gasteiger partial charge is 0.0542 e. The lowest BCUT2D eigenvalue weighted by atomic mass is 10.0. The molecule has 0 saturated heterocycles. The van der Waals surface area contributed by atoms with Crippen molar-refractivity contribution in [1.82, 2.24) is 9.78 Å². The van der Waals surface area contributed by atoms with Gasteiger partial charge in [0.05, 0.1) is 6.10 Å². The summed E-state index contributed by atoms with van der Waals surface area (Å²) in [5.74, 6) is 0.580. The van der Waals surface area contributed by atoms with Crippen molar-refractivity contribution < 1.29 is 5.11 Å². The zero-order chi connectivity index (χ0) is 11.3. The van der Waals surface area contributed by atoms with E-state index in [0.29, 0.717) is 5.92 Å². The van der Waals surface area contributed by atoms with Gasteiger partial charge in [-0.25, -0.2) is 0 Å². The summed E-state index contributed by atoms with van der Waals surface area (Å²) in [7, 11) is 1.96. The van der Waals surface area contributed by atoms with Crippen LogP contribution in [0.2, 0.25) is 0 Å². The predicted molar refractivity (Wildman–Crippen MR) is 61.6 cm³/mol. The van der Waals surface area contributed by atoms with E-state index in [1.54, 1.807) is 0 Å². The molecule has 1 rings (SSSR count). The highest BCUT2D eigenvalue weighted by Gasteiger charge is 2.07. The Morgan fingerprint density at radius 1 is 1.47 bits per heavy atom. The number of aliphatic hydroxyl groups excluding tert-OH is 1. The molecule has 0 spiro atoms. The van der Waals surface area contributed by atoms with Crippen LogP contribution in [0.25, 0.3) is 0 Å². The highest BCUT2D eigenvalue weighted by molar-refractivity contribution is 4.99. The molecule has 15 heavy (non-hydrogen) atoms. The van der Waals surface area contributed by atoms with Gasteiger partial charge < -0.3 is 5.11 Å². The van der Waals surface area contributed by atoms with Crippen molar-refractivity contribution in [2.75, 3.05) is 0 Å². The Morgan fingerprint density at radius 3 is 2.73 bits per heavy atom. The van der Waals surface area contributed by atoms with Gasteiger partial charge in [-0.15, -0.1) is 0 Å². The third-order valence-electron chi connectivity index (χ3n) is 2.64. The van der Waals surface area contributed by atoms with Gasteiger partial charge in [0.25, 0.3) is 0 Å². The highest BCUT2D eigenvalue weighted by Crippen LogP contribution is 2.11. The normalized spacial score (nSPS) is 13.4. The number of nitrogens with zero attached hydrogens (tertiary/aromatic N) is 2. The fraction of sp³-hybridized carbons (Fsp3) is 0.750. The van der Waals surface area contributed by atoms with Gasteiger partial charge in [-0.3, -0.25) is 4.68 Å². The number of aliphatic hydroxyl groups is 1. The first kappa shape index (κ1) is 12.2. The SMILES string of the molecule is CC(C)CC(O)CCCc1ccnn1C. The van der Waals surface area contributed by atoms with E-state index in [1.165, 1.54) is 5.69 Å². The molecule has 1 N–H and O–H groups in total. The second-order valence-electron chi connectivity index (χ2n) is 4.62. The summed E-state index contributed by atoms with van der Waals surface area (Å²) in [4.78, 5) is 0. The summed E-state index contributed by atoms with van der Waals surface area (Å²) < 4.78 is 1.90. The molecular weight excluding hydrogens is 188 g/mol. The fourth-order valence-electron chi connectivity index (χ4n) is 1.83. The maximum atomic E-state index is 9.70. The minimum atomic E-state index is -0.141. The summed E-state index contributed by atoms with van der Waals surface area (Å²) in [6.45, 7) is 4.29. The van der Waals surface area contributed by atoms with E-state index in [4.69, 9.17) is 0 Å².